The second-order valence-electron chi connectivity index (χ2n) is 4.96. The summed E-state index contributed by atoms with van der Waals surface area (Å²) >= 11 is 0. The number of nitrogens with two attached hydrogens (primary N) is 1. The summed E-state index contributed by atoms with van der Waals surface area (Å²) in [5.41, 5.74) is 7.33. The number of nitrogen functional groups attached to an aromatic ring is 1. The maximum Gasteiger partial charge on any atom is 0.244 e. The van der Waals surface area contributed by atoms with Crippen LogP contribution in [0.5, 0.6) is 5.75 Å². The van der Waals surface area contributed by atoms with Crippen LogP contribution in [0, 0.1) is 0 Å². The first kappa shape index (κ1) is 15.1. The predicted octanol–water partition coefficient (Wildman–Crippen LogP) is 2.59. The van der Waals surface area contributed by atoms with E-state index >= 15 is 0 Å². The first-order valence-corrected chi connectivity index (χ1v) is 6.43. The maximum absolute atomic E-state index is 11.5. The molecule has 0 aromatic heterocycles. The highest BCUT2D eigenvalue weighted by Gasteiger charge is 2.03. The van der Waals surface area contributed by atoms with Crippen LogP contribution >= 0.6 is 0 Å². The van der Waals surface area contributed by atoms with Gasteiger partial charge in [-0.3, -0.25) is 4.79 Å². The van der Waals surface area contributed by atoms with Crippen molar-refractivity contribution >= 4 is 17.7 Å². The van der Waals surface area contributed by atoms with Crippen molar-refractivity contribution < 1.29 is 9.53 Å². The normalized spacial score (nSPS) is 11.3. The van der Waals surface area contributed by atoms with E-state index in [0.29, 0.717) is 11.4 Å². The van der Waals surface area contributed by atoms with Crippen molar-refractivity contribution in [2.24, 2.45) is 0 Å². The van der Waals surface area contributed by atoms with Gasteiger partial charge in [-0.05, 0) is 51.5 Å². The molecule has 0 aliphatic carbocycles. The fourth-order valence-electron chi connectivity index (χ4n) is 1.54. The zero-order chi connectivity index (χ0) is 14.4. The third kappa shape index (κ3) is 5.46. The van der Waals surface area contributed by atoms with Gasteiger partial charge < -0.3 is 15.8 Å². The Morgan fingerprint density at radius 2 is 2.00 bits per heavy atom. The molecule has 3 N–H and O–H groups in total. The Kier molecular flexibility index (Phi) is 5.42. The van der Waals surface area contributed by atoms with Crippen LogP contribution in [0.2, 0.25) is 0 Å². The van der Waals surface area contributed by atoms with E-state index in [4.69, 9.17) is 10.5 Å². The van der Waals surface area contributed by atoms with E-state index in [0.717, 1.165) is 5.56 Å². The van der Waals surface area contributed by atoms with Gasteiger partial charge in [-0.1, -0.05) is 6.07 Å². The van der Waals surface area contributed by atoms with Crippen LogP contribution in [0.1, 0.15) is 33.3 Å². The second-order valence-corrected chi connectivity index (χ2v) is 4.96. The molecule has 0 aliphatic rings. The van der Waals surface area contributed by atoms with E-state index in [2.05, 4.69) is 5.32 Å². The molecule has 0 saturated heterocycles. The fraction of sp³-hybridized carbons (Fsp3) is 0.400. The van der Waals surface area contributed by atoms with Crippen LogP contribution in [0.25, 0.3) is 6.08 Å². The number of rotatable bonds is 5. The van der Waals surface area contributed by atoms with Crippen LogP contribution < -0.4 is 15.8 Å². The lowest BCUT2D eigenvalue weighted by molar-refractivity contribution is -0.116. The second kappa shape index (κ2) is 6.83. The van der Waals surface area contributed by atoms with Crippen LogP contribution in [-0.2, 0) is 4.79 Å². The summed E-state index contributed by atoms with van der Waals surface area (Å²) in [4.78, 5) is 11.5. The number of nitrogens with one attached hydrogen (secondary N) is 1. The van der Waals surface area contributed by atoms with Crippen LogP contribution in [-0.4, -0.2) is 18.1 Å². The molecular weight excluding hydrogens is 240 g/mol. The molecule has 0 spiro atoms. The molecule has 0 unspecified atom stereocenters. The largest absolute Gasteiger partial charge is 0.489 e. The molecule has 0 radical (unpaired) electrons. The van der Waals surface area contributed by atoms with Gasteiger partial charge >= 0.3 is 0 Å². The summed E-state index contributed by atoms with van der Waals surface area (Å²) in [5.74, 6) is 0.551. The first-order valence-electron chi connectivity index (χ1n) is 6.43. The third-order valence-electron chi connectivity index (χ3n) is 2.25. The summed E-state index contributed by atoms with van der Waals surface area (Å²) in [5, 5.41) is 2.78. The van der Waals surface area contributed by atoms with Crippen molar-refractivity contribution in [1.29, 1.82) is 0 Å². The molecule has 0 bridgehead atoms. The van der Waals surface area contributed by atoms with Crippen LogP contribution in [0.15, 0.2) is 24.3 Å². The molecule has 0 heterocycles. The molecule has 1 aromatic rings. The van der Waals surface area contributed by atoms with Gasteiger partial charge in [0.15, 0.2) is 0 Å². The lowest BCUT2D eigenvalue weighted by atomic mass is 10.1. The maximum atomic E-state index is 11.5. The van der Waals surface area contributed by atoms with Gasteiger partial charge in [0.1, 0.15) is 5.75 Å². The number of amides is 1. The minimum Gasteiger partial charge on any atom is -0.489 e. The minimum absolute atomic E-state index is 0.0838. The molecule has 1 amide bonds. The Balaban J connectivity index is 2.73. The summed E-state index contributed by atoms with van der Waals surface area (Å²) in [6.07, 6.45) is 3.31. The topological polar surface area (TPSA) is 64.3 Å². The molecule has 0 fully saturated rings. The Morgan fingerprint density at radius 3 is 2.53 bits per heavy atom. The van der Waals surface area contributed by atoms with Gasteiger partial charge in [0.25, 0.3) is 0 Å². The average molecular weight is 262 g/mol. The molecule has 1 aromatic carbocycles. The van der Waals surface area contributed by atoms with Gasteiger partial charge in [-0.2, -0.15) is 0 Å². The van der Waals surface area contributed by atoms with Crippen molar-refractivity contribution in [2.75, 3.05) is 5.73 Å². The Labute approximate surface area is 114 Å². The highest BCUT2D eigenvalue weighted by molar-refractivity contribution is 5.92. The number of hydrogen-bond acceptors (Lipinski definition) is 3. The van der Waals surface area contributed by atoms with Crippen molar-refractivity contribution in [3.8, 4) is 5.75 Å². The quantitative estimate of drug-likeness (QED) is 0.633. The van der Waals surface area contributed by atoms with Gasteiger partial charge in [-0.15, -0.1) is 0 Å². The smallest absolute Gasteiger partial charge is 0.244 e. The number of ether oxygens (including phenoxy) is 1. The average Bonchev–Trinajstić information content (AvgIpc) is 2.28. The molecule has 104 valence electrons. The number of anilines is 1. The lowest BCUT2D eigenvalue weighted by Crippen LogP contribution is -2.28. The molecule has 0 aliphatic heterocycles. The number of carbonyl (C=O) groups is 1. The van der Waals surface area contributed by atoms with Crippen molar-refractivity contribution in [3.05, 3.63) is 29.8 Å². The Morgan fingerprint density at radius 1 is 1.32 bits per heavy atom. The van der Waals surface area contributed by atoms with Gasteiger partial charge in [0.2, 0.25) is 5.91 Å². The fourth-order valence-corrected chi connectivity index (χ4v) is 1.54. The number of benzene rings is 1. The molecule has 4 nitrogen and oxygen atoms in total. The monoisotopic (exact) mass is 262 g/mol. The zero-order valence-corrected chi connectivity index (χ0v) is 11.9. The summed E-state index contributed by atoms with van der Waals surface area (Å²) < 4.78 is 5.55. The summed E-state index contributed by atoms with van der Waals surface area (Å²) in [6, 6.07) is 5.60. The molecule has 4 heteroatoms. The van der Waals surface area contributed by atoms with E-state index in [1.807, 2.05) is 39.8 Å². The van der Waals surface area contributed by atoms with Crippen molar-refractivity contribution in [3.63, 3.8) is 0 Å². The van der Waals surface area contributed by atoms with Gasteiger partial charge in [0.05, 0.1) is 11.8 Å². The van der Waals surface area contributed by atoms with Gasteiger partial charge in [-0.25, -0.2) is 0 Å². The zero-order valence-electron chi connectivity index (χ0n) is 11.9. The van der Waals surface area contributed by atoms with E-state index in [1.165, 1.54) is 6.08 Å². The SMILES string of the molecule is CC(C)NC(=O)/C=C\c1ccc(OC(C)C)c(N)c1. The molecular formula is C15H22N2O2. The molecule has 0 atom stereocenters. The Hall–Kier alpha value is -1.97. The Bertz CT molecular complexity index is 465. The van der Waals surface area contributed by atoms with Crippen molar-refractivity contribution in [2.45, 2.75) is 39.8 Å². The summed E-state index contributed by atoms with van der Waals surface area (Å²) in [7, 11) is 0. The van der Waals surface area contributed by atoms with Crippen molar-refractivity contribution in [1.82, 2.24) is 5.32 Å². The number of hydrogen-bond donors (Lipinski definition) is 2. The highest BCUT2D eigenvalue weighted by Crippen LogP contribution is 2.24. The first-order chi connectivity index (χ1) is 8.88. The predicted molar refractivity (Wildman–Crippen MR) is 78.9 cm³/mol. The van der Waals surface area contributed by atoms with Crippen LogP contribution in [0.3, 0.4) is 0 Å². The third-order valence-corrected chi connectivity index (χ3v) is 2.25. The van der Waals surface area contributed by atoms with E-state index in [9.17, 15) is 4.79 Å². The molecule has 0 saturated carbocycles. The minimum atomic E-state index is -0.115. The number of carbonyl (C=O) groups excluding carboxylic acids is 1. The molecule has 1 rings (SSSR count). The lowest BCUT2D eigenvalue weighted by Gasteiger charge is -2.12. The highest BCUT2D eigenvalue weighted by atomic mass is 16.5. The van der Waals surface area contributed by atoms with E-state index < -0.39 is 0 Å². The summed E-state index contributed by atoms with van der Waals surface area (Å²) in [6.45, 7) is 7.73. The van der Waals surface area contributed by atoms with Crippen LogP contribution in [0.4, 0.5) is 5.69 Å². The van der Waals surface area contributed by atoms with E-state index in [-0.39, 0.29) is 18.1 Å². The standard InChI is InChI=1S/C15H22N2O2/c1-10(2)17-15(18)8-6-12-5-7-14(13(16)9-12)19-11(3)4/h5-11H,16H2,1-4H3,(H,17,18)/b8-6-. The van der Waals surface area contributed by atoms with Gasteiger partial charge in [0, 0.05) is 12.1 Å². The molecule has 19 heavy (non-hydrogen) atoms. The van der Waals surface area contributed by atoms with E-state index in [1.54, 1.807) is 12.1 Å².